The van der Waals surface area contributed by atoms with E-state index >= 15 is 0 Å². The molecule has 0 bridgehead atoms. The highest BCUT2D eigenvalue weighted by molar-refractivity contribution is 5.94. The van der Waals surface area contributed by atoms with E-state index in [1.807, 2.05) is 0 Å². The number of methoxy groups -OCH3 is 1. The highest BCUT2D eigenvalue weighted by atomic mass is 35.5. The number of anilines is 1. The highest BCUT2D eigenvalue weighted by Gasteiger charge is 2.16. The number of nitro benzene ring substituents is 1. The predicted octanol–water partition coefficient (Wildman–Crippen LogP) is 1.31. The fourth-order valence-electron chi connectivity index (χ4n) is 1.17. The fraction of sp³-hybridized carbons (Fsp3) is 0.300. The number of nitrogens with one attached hydrogen (secondary N) is 1. The van der Waals surface area contributed by atoms with Crippen LogP contribution in [0.5, 0.6) is 5.75 Å². The van der Waals surface area contributed by atoms with Crippen molar-refractivity contribution in [2.75, 3.05) is 12.4 Å². The van der Waals surface area contributed by atoms with Crippen LogP contribution in [0.25, 0.3) is 0 Å². The van der Waals surface area contributed by atoms with Crippen molar-refractivity contribution in [3.8, 4) is 5.75 Å². The molecular weight excluding hydrogens is 262 g/mol. The van der Waals surface area contributed by atoms with Crippen molar-refractivity contribution in [1.29, 1.82) is 0 Å². The van der Waals surface area contributed by atoms with Gasteiger partial charge in [0, 0.05) is 11.8 Å². The van der Waals surface area contributed by atoms with Gasteiger partial charge in [0.2, 0.25) is 5.91 Å². The molecule has 1 amide bonds. The van der Waals surface area contributed by atoms with Gasteiger partial charge in [0.1, 0.15) is 0 Å². The van der Waals surface area contributed by atoms with E-state index in [0.29, 0.717) is 5.69 Å². The molecule has 0 radical (unpaired) electrons. The molecule has 1 atom stereocenters. The number of amides is 1. The molecule has 0 aliphatic carbocycles. The quantitative estimate of drug-likeness (QED) is 0.636. The van der Waals surface area contributed by atoms with E-state index in [2.05, 4.69) is 5.32 Å². The Morgan fingerprint density at radius 1 is 1.56 bits per heavy atom. The van der Waals surface area contributed by atoms with Gasteiger partial charge in [-0.25, -0.2) is 0 Å². The molecule has 1 unspecified atom stereocenters. The molecular formula is C10H14ClN3O4. The Balaban J connectivity index is 0.00000289. The average molecular weight is 276 g/mol. The average Bonchev–Trinajstić information content (AvgIpc) is 2.28. The van der Waals surface area contributed by atoms with Gasteiger partial charge < -0.3 is 15.8 Å². The largest absolute Gasteiger partial charge is 0.490 e. The van der Waals surface area contributed by atoms with Crippen molar-refractivity contribution >= 4 is 29.7 Å². The lowest BCUT2D eigenvalue weighted by molar-refractivity contribution is -0.385. The molecule has 7 nitrogen and oxygen atoms in total. The monoisotopic (exact) mass is 275 g/mol. The molecule has 0 spiro atoms. The zero-order chi connectivity index (χ0) is 13.0. The van der Waals surface area contributed by atoms with Crippen molar-refractivity contribution in [2.24, 2.45) is 5.73 Å². The van der Waals surface area contributed by atoms with Gasteiger partial charge in [-0.1, -0.05) is 0 Å². The van der Waals surface area contributed by atoms with Crippen LogP contribution in [0.3, 0.4) is 0 Å². The van der Waals surface area contributed by atoms with Gasteiger partial charge in [-0.15, -0.1) is 12.4 Å². The topological polar surface area (TPSA) is 107 Å². The Morgan fingerprint density at radius 3 is 2.61 bits per heavy atom. The van der Waals surface area contributed by atoms with Crippen LogP contribution in [0.15, 0.2) is 18.2 Å². The zero-order valence-electron chi connectivity index (χ0n) is 9.88. The van der Waals surface area contributed by atoms with E-state index in [9.17, 15) is 14.9 Å². The molecule has 1 aromatic rings. The van der Waals surface area contributed by atoms with Crippen LogP contribution in [0.2, 0.25) is 0 Å². The molecule has 0 saturated heterocycles. The Labute approximate surface area is 110 Å². The summed E-state index contributed by atoms with van der Waals surface area (Å²) < 4.78 is 4.83. The SMILES string of the molecule is COc1ccc(NC(=O)C(C)N)cc1[N+](=O)[O-].Cl. The van der Waals surface area contributed by atoms with Gasteiger partial charge in [-0.3, -0.25) is 14.9 Å². The summed E-state index contributed by atoms with van der Waals surface area (Å²) in [5.41, 5.74) is 5.46. The maximum absolute atomic E-state index is 11.3. The lowest BCUT2D eigenvalue weighted by Gasteiger charge is -2.08. The number of rotatable bonds is 4. The van der Waals surface area contributed by atoms with Gasteiger partial charge in [-0.05, 0) is 19.1 Å². The number of nitrogens with zero attached hydrogens (tertiary/aromatic N) is 1. The maximum Gasteiger partial charge on any atom is 0.312 e. The molecule has 0 fully saturated rings. The lowest BCUT2D eigenvalue weighted by Crippen LogP contribution is -2.32. The molecule has 0 aromatic heterocycles. The number of carbonyl (C=O) groups excluding carboxylic acids is 1. The number of benzene rings is 1. The molecule has 18 heavy (non-hydrogen) atoms. The minimum absolute atomic E-state index is 0. The number of hydrogen-bond donors (Lipinski definition) is 2. The summed E-state index contributed by atoms with van der Waals surface area (Å²) in [7, 11) is 1.34. The molecule has 1 aromatic carbocycles. The molecule has 0 heterocycles. The molecule has 0 saturated carbocycles. The van der Waals surface area contributed by atoms with E-state index in [-0.39, 0.29) is 23.8 Å². The Kier molecular flexibility index (Phi) is 6.07. The predicted molar refractivity (Wildman–Crippen MR) is 69.2 cm³/mol. The second-order valence-corrected chi connectivity index (χ2v) is 3.42. The van der Waals surface area contributed by atoms with Crippen molar-refractivity contribution in [1.82, 2.24) is 0 Å². The van der Waals surface area contributed by atoms with Crippen LogP contribution in [0, 0.1) is 10.1 Å². The summed E-state index contributed by atoms with van der Waals surface area (Å²) in [5.74, 6) is -0.279. The number of carbonyl (C=O) groups is 1. The first kappa shape index (κ1) is 16.1. The second-order valence-electron chi connectivity index (χ2n) is 3.42. The summed E-state index contributed by atoms with van der Waals surface area (Å²) in [6.45, 7) is 1.52. The Hall–Kier alpha value is -1.86. The molecule has 8 heteroatoms. The zero-order valence-corrected chi connectivity index (χ0v) is 10.7. The molecule has 3 N–H and O–H groups in total. The van der Waals surface area contributed by atoms with Crippen LogP contribution < -0.4 is 15.8 Å². The van der Waals surface area contributed by atoms with Crippen molar-refractivity contribution in [3.63, 3.8) is 0 Å². The number of ether oxygens (including phenoxy) is 1. The summed E-state index contributed by atoms with van der Waals surface area (Å²) in [6, 6.07) is 3.45. The lowest BCUT2D eigenvalue weighted by atomic mass is 10.2. The summed E-state index contributed by atoms with van der Waals surface area (Å²) in [4.78, 5) is 21.5. The number of hydrogen-bond acceptors (Lipinski definition) is 5. The first-order valence-electron chi connectivity index (χ1n) is 4.84. The molecule has 0 aliphatic rings. The van der Waals surface area contributed by atoms with Crippen LogP contribution in [0.4, 0.5) is 11.4 Å². The third-order valence-corrected chi connectivity index (χ3v) is 2.06. The van der Waals surface area contributed by atoms with Gasteiger partial charge in [0.25, 0.3) is 0 Å². The first-order chi connectivity index (χ1) is 7.95. The normalized spacial score (nSPS) is 11.1. The molecule has 0 aliphatic heterocycles. The van der Waals surface area contributed by atoms with Crippen LogP contribution >= 0.6 is 12.4 Å². The van der Waals surface area contributed by atoms with Crippen LogP contribution in [0.1, 0.15) is 6.92 Å². The third kappa shape index (κ3) is 3.86. The van der Waals surface area contributed by atoms with Gasteiger partial charge in [0.05, 0.1) is 18.1 Å². The van der Waals surface area contributed by atoms with Crippen LogP contribution in [-0.4, -0.2) is 24.0 Å². The smallest absolute Gasteiger partial charge is 0.312 e. The van der Waals surface area contributed by atoms with E-state index in [1.54, 1.807) is 0 Å². The van der Waals surface area contributed by atoms with Gasteiger partial charge in [0.15, 0.2) is 5.75 Å². The Bertz CT molecular complexity index is 451. The number of nitro groups is 1. The Morgan fingerprint density at radius 2 is 2.17 bits per heavy atom. The minimum atomic E-state index is -0.684. The van der Waals surface area contributed by atoms with E-state index in [4.69, 9.17) is 10.5 Å². The van der Waals surface area contributed by atoms with E-state index in [0.717, 1.165) is 0 Å². The molecule has 100 valence electrons. The van der Waals surface area contributed by atoms with E-state index in [1.165, 1.54) is 32.2 Å². The highest BCUT2D eigenvalue weighted by Crippen LogP contribution is 2.29. The van der Waals surface area contributed by atoms with Crippen molar-refractivity contribution in [3.05, 3.63) is 28.3 Å². The van der Waals surface area contributed by atoms with Crippen molar-refractivity contribution in [2.45, 2.75) is 13.0 Å². The fourth-order valence-corrected chi connectivity index (χ4v) is 1.17. The third-order valence-electron chi connectivity index (χ3n) is 2.06. The van der Waals surface area contributed by atoms with Crippen molar-refractivity contribution < 1.29 is 14.5 Å². The van der Waals surface area contributed by atoms with E-state index < -0.39 is 16.9 Å². The number of halogens is 1. The van der Waals surface area contributed by atoms with Gasteiger partial charge >= 0.3 is 5.69 Å². The van der Waals surface area contributed by atoms with Gasteiger partial charge in [-0.2, -0.15) is 0 Å². The first-order valence-corrected chi connectivity index (χ1v) is 4.84. The minimum Gasteiger partial charge on any atom is -0.490 e. The summed E-state index contributed by atoms with van der Waals surface area (Å²) in [5, 5.41) is 13.2. The summed E-state index contributed by atoms with van der Waals surface area (Å²) >= 11 is 0. The standard InChI is InChI=1S/C10H13N3O4.ClH/c1-6(11)10(14)12-7-3-4-9(17-2)8(5-7)13(15)16;/h3-6H,11H2,1-2H3,(H,12,14);1H. The molecule has 1 rings (SSSR count). The second kappa shape index (κ2) is 6.77. The van der Waals surface area contributed by atoms with Crippen LogP contribution in [-0.2, 0) is 4.79 Å². The number of nitrogens with two attached hydrogens (primary N) is 1. The maximum atomic E-state index is 11.3. The summed E-state index contributed by atoms with van der Waals surface area (Å²) in [6.07, 6.45) is 0.